The molecule has 1 amide bonds. The highest BCUT2D eigenvalue weighted by atomic mass is 32.1. The van der Waals surface area contributed by atoms with Gasteiger partial charge in [-0.25, -0.2) is 22.0 Å². The standard InChI is InChI=1S/C14H14F5N3OS/c1-2-7(23)20-14(24)22-5-3-21(4-6-22)13-11(18)9(16)8(15)10(17)12(13)19/h2-6H2,1H3,(H,20,23,24). The molecule has 4 nitrogen and oxygen atoms in total. The lowest BCUT2D eigenvalue weighted by molar-refractivity contribution is -0.119. The molecule has 1 N–H and O–H groups in total. The first-order valence-electron chi connectivity index (χ1n) is 7.13. The molecule has 1 aromatic rings. The van der Waals surface area contributed by atoms with Crippen molar-refractivity contribution in [2.75, 3.05) is 31.1 Å². The number of nitrogens with zero attached hydrogens (tertiary/aromatic N) is 2. The van der Waals surface area contributed by atoms with Crippen LogP contribution < -0.4 is 10.2 Å². The third-order valence-corrected chi connectivity index (χ3v) is 4.00. The Morgan fingerprint density at radius 1 is 0.958 bits per heavy atom. The van der Waals surface area contributed by atoms with Gasteiger partial charge in [-0.05, 0) is 12.2 Å². The zero-order chi connectivity index (χ0) is 18.0. The van der Waals surface area contributed by atoms with Crippen molar-refractivity contribution < 1.29 is 26.7 Å². The summed E-state index contributed by atoms with van der Waals surface area (Å²) in [4.78, 5) is 13.9. The summed E-state index contributed by atoms with van der Waals surface area (Å²) < 4.78 is 67.2. The number of thiocarbonyl (C=S) groups is 1. The summed E-state index contributed by atoms with van der Waals surface area (Å²) in [6.07, 6.45) is 0.241. The molecule has 1 aliphatic rings. The molecule has 132 valence electrons. The first kappa shape index (κ1) is 18.4. The van der Waals surface area contributed by atoms with Gasteiger partial charge in [0.2, 0.25) is 11.7 Å². The van der Waals surface area contributed by atoms with Crippen LogP contribution in [0, 0.1) is 29.1 Å². The number of carbonyl (C=O) groups excluding carboxylic acids is 1. The van der Waals surface area contributed by atoms with Gasteiger partial charge in [0, 0.05) is 32.6 Å². The predicted octanol–water partition coefficient (Wildman–Crippen LogP) is 2.32. The van der Waals surface area contributed by atoms with Crippen molar-refractivity contribution in [3.63, 3.8) is 0 Å². The summed E-state index contributed by atoms with van der Waals surface area (Å²) in [6.45, 7) is 1.96. The Labute approximate surface area is 140 Å². The lowest BCUT2D eigenvalue weighted by Gasteiger charge is -2.37. The van der Waals surface area contributed by atoms with Gasteiger partial charge < -0.3 is 15.1 Å². The van der Waals surface area contributed by atoms with E-state index in [0.29, 0.717) is 0 Å². The lowest BCUT2D eigenvalue weighted by atomic mass is 10.2. The number of anilines is 1. The van der Waals surface area contributed by atoms with Crippen molar-refractivity contribution in [2.45, 2.75) is 13.3 Å². The number of hydrogen-bond acceptors (Lipinski definition) is 3. The monoisotopic (exact) mass is 367 g/mol. The fourth-order valence-electron chi connectivity index (χ4n) is 2.29. The zero-order valence-corrected chi connectivity index (χ0v) is 13.5. The molecule has 10 heteroatoms. The molecule has 1 fully saturated rings. The molecule has 0 aromatic heterocycles. The minimum Gasteiger partial charge on any atom is -0.363 e. The number of benzene rings is 1. The van der Waals surface area contributed by atoms with Gasteiger partial charge in [-0.15, -0.1) is 0 Å². The molecule has 0 radical (unpaired) electrons. The van der Waals surface area contributed by atoms with E-state index < -0.39 is 34.8 Å². The van der Waals surface area contributed by atoms with Gasteiger partial charge in [0.25, 0.3) is 0 Å². The minimum atomic E-state index is -2.18. The third-order valence-electron chi connectivity index (χ3n) is 3.64. The van der Waals surface area contributed by atoms with Crippen molar-refractivity contribution in [3.05, 3.63) is 29.1 Å². The summed E-state index contributed by atoms with van der Waals surface area (Å²) in [7, 11) is 0. The van der Waals surface area contributed by atoms with E-state index in [0.717, 1.165) is 4.90 Å². The van der Waals surface area contributed by atoms with Crippen LogP contribution in [0.4, 0.5) is 27.6 Å². The molecule has 1 saturated heterocycles. The van der Waals surface area contributed by atoms with Crippen LogP contribution in [-0.4, -0.2) is 42.1 Å². The summed E-state index contributed by atoms with van der Waals surface area (Å²) in [5, 5.41) is 2.65. The van der Waals surface area contributed by atoms with Crippen LogP contribution in [0.3, 0.4) is 0 Å². The lowest BCUT2D eigenvalue weighted by Crippen LogP contribution is -2.53. The fraction of sp³-hybridized carbons (Fsp3) is 0.429. The maximum atomic E-state index is 13.8. The number of rotatable bonds is 2. The van der Waals surface area contributed by atoms with Gasteiger partial charge in [-0.1, -0.05) is 6.92 Å². The van der Waals surface area contributed by atoms with Crippen LogP contribution in [0.25, 0.3) is 0 Å². The van der Waals surface area contributed by atoms with Gasteiger partial charge in [0.15, 0.2) is 28.4 Å². The molecule has 0 atom stereocenters. The molecule has 2 rings (SSSR count). The number of nitrogens with one attached hydrogen (secondary N) is 1. The highest BCUT2D eigenvalue weighted by Gasteiger charge is 2.31. The number of amides is 1. The summed E-state index contributed by atoms with van der Waals surface area (Å²) in [5.74, 6) is -10.1. The Morgan fingerprint density at radius 3 is 1.88 bits per heavy atom. The average molecular weight is 367 g/mol. The average Bonchev–Trinajstić information content (AvgIpc) is 2.58. The molecule has 0 spiro atoms. The molecular formula is C14H14F5N3OS. The topological polar surface area (TPSA) is 35.6 Å². The van der Waals surface area contributed by atoms with Crippen LogP contribution in [-0.2, 0) is 4.79 Å². The molecule has 1 aromatic carbocycles. The van der Waals surface area contributed by atoms with Crippen LogP contribution in [0.2, 0.25) is 0 Å². The van der Waals surface area contributed by atoms with E-state index in [1.165, 1.54) is 0 Å². The third kappa shape index (κ3) is 3.42. The van der Waals surface area contributed by atoms with Gasteiger partial charge in [0.05, 0.1) is 0 Å². The van der Waals surface area contributed by atoms with Crippen molar-refractivity contribution >= 4 is 28.9 Å². The molecule has 0 aliphatic carbocycles. The second kappa shape index (κ2) is 7.29. The molecular weight excluding hydrogens is 353 g/mol. The number of piperazine rings is 1. The zero-order valence-electron chi connectivity index (χ0n) is 12.6. The predicted molar refractivity (Wildman–Crippen MR) is 81.0 cm³/mol. The van der Waals surface area contributed by atoms with Crippen molar-refractivity contribution in [1.82, 2.24) is 10.2 Å². The highest BCUT2D eigenvalue weighted by molar-refractivity contribution is 7.80. The quantitative estimate of drug-likeness (QED) is 0.377. The van der Waals surface area contributed by atoms with E-state index in [4.69, 9.17) is 12.2 Å². The van der Waals surface area contributed by atoms with Crippen molar-refractivity contribution in [1.29, 1.82) is 0 Å². The Kier molecular flexibility index (Phi) is 5.58. The molecule has 0 bridgehead atoms. The van der Waals surface area contributed by atoms with Crippen LogP contribution in [0.15, 0.2) is 0 Å². The maximum Gasteiger partial charge on any atom is 0.225 e. The molecule has 1 aliphatic heterocycles. The molecule has 0 saturated carbocycles. The number of halogens is 5. The van der Waals surface area contributed by atoms with Gasteiger partial charge in [0.1, 0.15) is 5.69 Å². The first-order valence-corrected chi connectivity index (χ1v) is 7.53. The Balaban J connectivity index is 2.13. The Morgan fingerprint density at radius 2 is 1.42 bits per heavy atom. The SMILES string of the molecule is CCC(=O)NC(=S)N1CCN(c2c(F)c(F)c(F)c(F)c2F)CC1. The first-order chi connectivity index (χ1) is 11.3. The molecule has 1 heterocycles. The normalized spacial score (nSPS) is 14.8. The largest absolute Gasteiger partial charge is 0.363 e. The number of carbonyl (C=O) groups is 1. The van der Waals surface area contributed by atoms with Gasteiger partial charge >= 0.3 is 0 Å². The molecule has 24 heavy (non-hydrogen) atoms. The van der Waals surface area contributed by atoms with E-state index in [1.54, 1.807) is 11.8 Å². The Hall–Kier alpha value is -1.97. The van der Waals surface area contributed by atoms with E-state index in [9.17, 15) is 26.7 Å². The van der Waals surface area contributed by atoms with E-state index in [1.807, 2.05) is 0 Å². The van der Waals surface area contributed by atoms with Gasteiger partial charge in [-0.2, -0.15) is 0 Å². The van der Waals surface area contributed by atoms with E-state index in [2.05, 4.69) is 5.32 Å². The maximum absolute atomic E-state index is 13.8. The molecule has 0 unspecified atom stereocenters. The fourth-order valence-corrected chi connectivity index (χ4v) is 2.59. The minimum absolute atomic E-state index is 0.0134. The smallest absolute Gasteiger partial charge is 0.225 e. The second-order valence-electron chi connectivity index (χ2n) is 5.10. The van der Waals surface area contributed by atoms with Crippen LogP contribution in [0.5, 0.6) is 0 Å². The summed E-state index contributed by atoms with van der Waals surface area (Å²) in [6, 6.07) is 0. The van der Waals surface area contributed by atoms with Crippen molar-refractivity contribution in [2.24, 2.45) is 0 Å². The van der Waals surface area contributed by atoms with Gasteiger partial charge in [-0.3, -0.25) is 4.79 Å². The summed E-state index contributed by atoms with van der Waals surface area (Å²) >= 11 is 5.04. The number of hydrogen-bond donors (Lipinski definition) is 1. The van der Waals surface area contributed by atoms with E-state index in [-0.39, 0.29) is 43.6 Å². The van der Waals surface area contributed by atoms with Crippen molar-refractivity contribution in [3.8, 4) is 0 Å². The second-order valence-corrected chi connectivity index (χ2v) is 5.49. The van der Waals surface area contributed by atoms with Crippen LogP contribution >= 0.6 is 12.2 Å². The summed E-state index contributed by atoms with van der Waals surface area (Å²) in [5.41, 5.74) is -0.949. The Bertz CT molecular complexity index is 648. The van der Waals surface area contributed by atoms with Crippen LogP contribution in [0.1, 0.15) is 13.3 Å². The highest BCUT2D eigenvalue weighted by Crippen LogP contribution is 2.30. The van der Waals surface area contributed by atoms with E-state index >= 15 is 0 Å².